The van der Waals surface area contributed by atoms with E-state index in [9.17, 15) is 9.59 Å². The van der Waals surface area contributed by atoms with E-state index in [1.165, 1.54) is 4.90 Å². The molecule has 1 unspecified atom stereocenters. The zero-order valence-electron chi connectivity index (χ0n) is 11.7. The second-order valence-corrected chi connectivity index (χ2v) is 5.10. The SMILES string of the molecule is Cc1nc(CN(C)C(=O)N2CCCC(C(=O)O)C2)n[nH]1. The first-order chi connectivity index (χ1) is 9.47. The van der Waals surface area contributed by atoms with Gasteiger partial charge in [0.1, 0.15) is 5.82 Å². The van der Waals surface area contributed by atoms with Crippen LogP contribution in [0.25, 0.3) is 0 Å². The van der Waals surface area contributed by atoms with Gasteiger partial charge in [-0.05, 0) is 19.8 Å². The van der Waals surface area contributed by atoms with Crippen LogP contribution in [0.15, 0.2) is 0 Å². The number of nitrogens with one attached hydrogen (secondary N) is 1. The van der Waals surface area contributed by atoms with Gasteiger partial charge in [0.05, 0.1) is 12.5 Å². The van der Waals surface area contributed by atoms with Crippen molar-refractivity contribution in [2.75, 3.05) is 20.1 Å². The Morgan fingerprint density at radius 1 is 1.55 bits per heavy atom. The number of likely N-dealkylation sites (tertiary alicyclic amines) is 1. The lowest BCUT2D eigenvalue weighted by atomic mass is 9.99. The molecule has 0 aliphatic carbocycles. The molecule has 0 aromatic carbocycles. The van der Waals surface area contributed by atoms with Crippen LogP contribution in [0.5, 0.6) is 0 Å². The third kappa shape index (κ3) is 3.25. The van der Waals surface area contributed by atoms with Gasteiger partial charge < -0.3 is 14.9 Å². The molecule has 0 spiro atoms. The van der Waals surface area contributed by atoms with Crippen LogP contribution >= 0.6 is 0 Å². The number of carbonyl (C=O) groups excluding carboxylic acids is 1. The molecule has 1 aromatic heterocycles. The van der Waals surface area contributed by atoms with Gasteiger partial charge in [-0.25, -0.2) is 9.78 Å². The zero-order chi connectivity index (χ0) is 14.7. The van der Waals surface area contributed by atoms with E-state index in [1.54, 1.807) is 18.9 Å². The summed E-state index contributed by atoms with van der Waals surface area (Å²) < 4.78 is 0. The number of carbonyl (C=O) groups is 2. The molecule has 2 N–H and O–H groups in total. The lowest BCUT2D eigenvalue weighted by Gasteiger charge is -2.33. The van der Waals surface area contributed by atoms with Gasteiger partial charge in [0.2, 0.25) is 0 Å². The average molecular weight is 281 g/mol. The third-order valence-corrected chi connectivity index (χ3v) is 3.39. The van der Waals surface area contributed by atoms with Crippen molar-refractivity contribution in [1.82, 2.24) is 25.0 Å². The van der Waals surface area contributed by atoms with E-state index in [2.05, 4.69) is 15.2 Å². The van der Waals surface area contributed by atoms with Gasteiger partial charge in [0.15, 0.2) is 5.82 Å². The number of piperidine rings is 1. The number of carboxylic acids is 1. The van der Waals surface area contributed by atoms with Gasteiger partial charge in [-0.15, -0.1) is 0 Å². The van der Waals surface area contributed by atoms with Crippen LogP contribution in [0, 0.1) is 12.8 Å². The summed E-state index contributed by atoms with van der Waals surface area (Å²) in [6, 6.07) is -0.182. The van der Waals surface area contributed by atoms with Crippen molar-refractivity contribution >= 4 is 12.0 Å². The van der Waals surface area contributed by atoms with Gasteiger partial charge in [-0.3, -0.25) is 9.89 Å². The molecule has 1 aromatic rings. The minimum absolute atomic E-state index is 0.182. The van der Waals surface area contributed by atoms with Crippen LogP contribution in [-0.4, -0.2) is 62.2 Å². The highest BCUT2D eigenvalue weighted by atomic mass is 16.4. The van der Waals surface area contributed by atoms with Crippen molar-refractivity contribution in [2.24, 2.45) is 5.92 Å². The first-order valence-electron chi connectivity index (χ1n) is 6.58. The summed E-state index contributed by atoms with van der Waals surface area (Å²) in [5.41, 5.74) is 0. The molecule has 2 heterocycles. The molecule has 8 heteroatoms. The summed E-state index contributed by atoms with van der Waals surface area (Å²) in [6.45, 7) is 2.96. The second-order valence-electron chi connectivity index (χ2n) is 5.10. The maximum Gasteiger partial charge on any atom is 0.320 e. The molecule has 1 atom stereocenters. The van der Waals surface area contributed by atoms with E-state index in [4.69, 9.17) is 5.11 Å². The molecule has 8 nitrogen and oxygen atoms in total. The maximum atomic E-state index is 12.3. The second kappa shape index (κ2) is 5.89. The molecule has 0 saturated carbocycles. The summed E-state index contributed by atoms with van der Waals surface area (Å²) in [5, 5.41) is 15.7. The molecule has 0 radical (unpaired) electrons. The van der Waals surface area contributed by atoms with E-state index >= 15 is 0 Å². The number of urea groups is 1. The van der Waals surface area contributed by atoms with E-state index in [0.29, 0.717) is 31.2 Å². The molecule has 1 aliphatic rings. The number of carboxylic acid groups (broad SMARTS) is 1. The third-order valence-electron chi connectivity index (χ3n) is 3.39. The number of aliphatic carboxylic acids is 1. The monoisotopic (exact) mass is 281 g/mol. The van der Waals surface area contributed by atoms with Gasteiger partial charge in [-0.1, -0.05) is 0 Å². The number of H-pyrrole nitrogens is 1. The molecular weight excluding hydrogens is 262 g/mol. The Hall–Kier alpha value is -2.12. The van der Waals surface area contributed by atoms with Gasteiger partial charge in [0.25, 0.3) is 0 Å². The maximum absolute atomic E-state index is 12.3. The fourth-order valence-electron chi connectivity index (χ4n) is 2.33. The first-order valence-corrected chi connectivity index (χ1v) is 6.58. The highest BCUT2D eigenvalue weighted by Crippen LogP contribution is 2.18. The summed E-state index contributed by atoms with van der Waals surface area (Å²) in [5.74, 6) is -0.0588. The minimum atomic E-state index is -0.838. The van der Waals surface area contributed by atoms with E-state index in [-0.39, 0.29) is 12.6 Å². The summed E-state index contributed by atoms with van der Waals surface area (Å²) in [4.78, 5) is 30.5. The molecular formula is C12H19N5O3. The van der Waals surface area contributed by atoms with E-state index < -0.39 is 11.9 Å². The fraction of sp³-hybridized carbons (Fsp3) is 0.667. The molecule has 0 bridgehead atoms. The van der Waals surface area contributed by atoms with Crippen LogP contribution < -0.4 is 0 Å². The summed E-state index contributed by atoms with van der Waals surface area (Å²) >= 11 is 0. The van der Waals surface area contributed by atoms with E-state index in [1.807, 2.05) is 0 Å². The molecule has 1 fully saturated rings. The van der Waals surface area contributed by atoms with Gasteiger partial charge in [-0.2, -0.15) is 5.10 Å². The molecule has 110 valence electrons. The lowest BCUT2D eigenvalue weighted by molar-refractivity contribution is -0.143. The molecule has 1 saturated heterocycles. The summed E-state index contributed by atoms with van der Waals surface area (Å²) in [7, 11) is 1.67. The van der Waals surface area contributed by atoms with Gasteiger partial charge >= 0.3 is 12.0 Å². The number of amides is 2. The van der Waals surface area contributed by atoms with Crippen LogP contribution in [0.2, 0.25) is 0 Å². The Morgan fingerprint density at radius 3 is 2.90 bits per heavy atom. The number of hydrogen-bond acceptors (Lipinski definition) is 4. The first kappa shape index (κ1) is 14.3. The Bertz CT molecular complexity index is 501. The average Bonchev–Trinajstić information content (AvgIpc) is 2.83. The predicted molar refractivity (Wildman–Crippen MR) is 69.9 cm³/mol. The number of aromatic amines is 1. The van der Waals surface area contributed by atoms with Crippen LogP contribution in [0.4, 0.5) is 4.79 Å². The number of aryl methyl sites for hydroxylation is 1. The Labute approximate surface area is 116 Å². The fourth-order valence-corrected chi connectivity index (χ4v) is 2.33. The molecule has 1 aliphatic heterocycles. The standard InChI is InChI=1S/C12H19N5O3/c1-8-13-10(15-14-8)7-16(2)12(20)17-5-3-4-9(6-17)11(18)19/h9H,3-7H2,1-2H3,(H,18,19)(H,13,14,15). The highest BCUT2D eigenvalue weighted by Gasteiger charge is 2.29. The van der Waals surface area contributed by atoms with Crippen molar-refractivity contribution in [3.8, 4) is 0 Å². The summed E-state index contributed by atoms with van der Waals surface area (Å²) in [6.07, 6.45) is 1.35. The van der Waals surface area contributed by atoms with E-state index in [0.717, 1.165) is 6.42 Å². The normalized spacial score (nSPS) is 18.9. The highest BCUT2D eigenvalue weighted by molar-refractivity contribution is 5.76. The quantitative estimate of drug-likeness (QED) is 0.838. The number of nitrogens with zero attached hydrogens (tertiary/aromatic N) is 4. The Balaban J connectivity index is 1.94. The van der Waals surface area contributed by atoms with Crippen molar-refractivity contribution in [1.29, 1.82) is 0 Å². The van der Waals surface area contributed by atoms with Crippen LogP contribution in [0.1, 0.15) is 24.5 Å². The lowest BCUT2D eigenvalue weighted by Crippen LogP contribution is -2.47. The predicted octanol–water partition coefficient (Wildman–Crippen LogP) is 0.462. The Morgan fingerprint density at radius 2 is 2.30 bits per heavy atom. The largest absolute Gasteiger partial charge is 0.481 e. The number of hydrogen-bond donors (Lipinski definition) is 2. The number of aromatic nitrogens is 3. The molecule has 2 amide bonds. The van der Waals surface area contributed by atoms with Crippen molar-refractivity contribution in [2.45, 2.75) is 26.3 Å². The van der Waals surface area contributed by atoms with Crippen LogP contribution in [-0.2, 0) is 11.3 Å². The smallest absolute Gasteiger partial charge is 0.320 e. The Kier molecular flexibility index (Phi) is 4.21. The number of rotatable bonds is 3. The zero-order valence-corrected chi connectivity index (χ0v) is 11.7. The topological polar surface area (TPSA) is 102 Å². The molecule has 2 rings (SSSR count). The minimum Gasteiger partial charge on any atom is -0.481 e. The molecule has 20 heavy (non-hydrogen) atoms. The van der Waals surface area contributed by atoms with Gasteiger partial charge in [0, 0.05) is 20.1 Å². The van der Waals surface area contributed by atoms with Crippen molar-refractivity contribution in [3.63, 3.8) is 0 Å². The van der Waals surface area contributed by atoms with Crippen molar-refractivity contribution in [3.05, 3.63) is 11.6 Å². The van der Waals surface area contributed by atoms with Crippen molar-refractivity contribution < 1.29 is 14.7 Å². The van der Waals surface area contributed by atoms with Crippen LogP contribution in [0.3, 0.4) is 0 Å².